The average Bonchev–Trinajstić information content (AvgIpc) is 3.12. The monoisotopic (exact) mass is 366 g/mol. The summed E-state index contributed by atoms with van der Waals surface area (Å²) in [6.07, 6.45) is 16.6. The number of carbonyl (C=O) groups is 1. The first-order chi connectivity index (χ1) is 12.7. The first kappa shape index (κ1) is 19.8. The number of rotatable bonds is 10. The molecule has 2 saturated heterocycles. The van der Waals surface area contributed by atoms with Crippen molar-refractivity contribution in [2.24, 2.45) is 5.41 Å². The van der Waals surface area contributed by atoms with Crippen LogP contribution in [0.5, 0.6) is 0 Å². The summed E-state index contributed by atoms with van der Waals surface area (Å²) in [4.78, 5) is 11.8. The molecule has 3 rings (SSSR count). The van der Waals surface area contributed by atoms with Crippen LogP contribution in [0.4, 0.5) is 0 Å². The largest absolute Gasteiger partial charge is 0.456 e. The Morgan fingerprint density at radius 2 is 2.04 bits per heavy atom. The zero-order valence-electron chi connectivity index (χ0n) is 15.9. The zero-order chi connectivity index (χ0) is 18.3. The Labute approximate surface area is 157 Å². The molecule has 0 spiro atoms. The highest BCUT2D eigenvalue weighted by Gasteiger charge is 2.61. The van der Waals surface area contributed by atoms with Gasteiger partial charge in [0, 0.05) is 18.6 Å². The fraction of sp³-hybridized carbons (Fsp3) is 0.857. The second kappa shape index (κ2) is 9.34. The first-order valence-electron chi connectivity index (χ1n) is 10.4. The van der Waals surface area contributed by atoms with Crippen molar-refractivity contribution in [3.63, 3.8) is 0 Å². The number of hydrogen-bond acceptors (Lipinski definition) is 5. The molecule has 148 valence electrons. The molecule has 1 aliphatic carbocycles. The van der Waals surface area contributed by atoms with Crippen LogP contribution in [0.25, 0.3) is 0 Å². The number of aliphatic hydroxyl groups excluding tert-OH is 1. The van der Waals surface area contributed by atoms with Crippen molar-refractivity contribution >= 4 is 5.97 Å². The molecule has 26 heavy (non-hydrogen) atoms. The first-order valence-corrected chi connectivity index (χ1v) is 10.4. The molecule has 1 unspecified atom stereocenters. The fourth-order valence-corrected chi connectivity index (χ4v) is 4.73. The van der Waals surface area contributed by atoms with Gasteiger partial charge >= 0.3 is 5.97 Å². The van der Waals surface area contributed by atoms with E-state index in [1.165, 1.54) is 19.3 Å². The summed E-state index contributed by atoms with van der Waals surface area (Å²) in [5.41, 5.74) is -0.925. The van der Waals surface area contributed by atoms with Gasteiger partial charge < -0.3 is 19.3 Å². The normalized spacial score (nSPS) is 34.3. The van der Waals surface area contributed by atoms with E-state index in [4.69, 9.17) is 14.2 Å². The standard InChI is InChI=1S/C21H34O5/c22-17-21-13-9-12-20(21,16-18(23)26-21)11-6-3-1-2-4-7-14-24-19-10-5-8-15-25-19/h6,11,19,22H,1-5,7-10,12-17H2/t19?,20-,21-/m0/s1. The third-order valence-corrected chi connectivity index (χ3v) is 6.28. The van der Waals surface area contributed by atoms with Crippen LogP contribution in [0.1, 0.15) is 77.0 Å². The van der Waals surface area contributed by atoms with Gasteiger partial charge in [-0.2, -0.15) is 0 Å². The van der Waals surface area contributed by atoms with Gasteiger partial charge in [0.25, 0.3) is 0 Å². The van der Waals surface area contributed by atoms with Gasteiger partial charge in [0.1, 0.15) is 5.60 Å². The van der Waals surface area contributed by atoms with Crippen molar-refractivity contribution in [1.82, 2.24) is 0 Å². The topological polar surface area (TPSA) is 65.0 Å². The fourth-order valence-electron chi connectivity index (χ4n) is 4.73. The molecule has 3 aliphatic rings. The summed E-state index contributed by atoms with van der Waals surface area (Å²) in [5, 5.41) is 9.80. The lowest BCUT2D eigenvalue weighted by atomic mass is 9.73. The van der Waals surface area contributed by atoms with Gasteiger partial charge in [-0.25, -0.2) is 0 Å². The molecule has 0 aromatic carbocycles. The number of ether oxygens (including phenoxy) is 3. The number of fused-ring (bicyclic) bond motifs is 1. The van der Waals surface area contributed by atoms with Crippen LogP contribution < -0.4 is 0 Å². The van der Waals surface area contributed by atoms with Crippen LogP contribution in [0.15, 0.2) is 12.2 Å². The van der Waals surface area contributed by atoms with E-state index in [9.17, 15) is 9.90 Å². The number of aliphatic hydroxyl groups is 1. The third-order valence-electron chi connectivity index (χ3n) is 6.28. The third kappa shape index (κ3) is 4.49. The Morgan fingerprint density at radius 3 is 2.85 bits per heavy atom. The minimum Gasteiger partial charge on any atom is -0.456 e. The Bertz CT molecular complexity index is 485. The maximum atomic E-state index is 11.8. The number of hydrogen-bond donors (Lipinski definition) is 1. The van der Waals surface area contributed by atoms with Gasteiger partial charge in [-0.3, -0.25) is 4.79 Å². The van der Waals surface area contributed by atoms with Gasteiger partial charge in [0.05, 0.1) is 13.0 Å². The van der Waals surface area contributed by atoms with Crippen molar-refractivity contribution < 1.29 is 24.1 Å². The average molecular weight is 366 g/mol. The lowest BCUT2D eigenvalue weighted by Crippen LogP contribution is -2.42. The van der Waals surface area contributed by atoms with Gasteiger partial charge in [-0.15, -0.1) is 0 Å². The maximum Gasteiger partial charge on any atom is 0.307 e. The summed E-state index contributed by atoms with van der Waals surface area (Å²) >= 11 is 0. The van der Waals surface area contributed by atoms with Crippen LogP contribution >= 0.6 is 0 Å². The summed E-state index contributed by atoms with van der Waals surface area (Å²) < 4.78 is 16.8. The van der Waals surface area contributed by atoms with Crippen molar-refractivity contribution in [3.05, 3.63) is 12.2 Å². The second-order valence-corrected chi connectivity index (χ2v) is 8.09. The van der Waals surface area contributed by atoms with Crippen LogP contribution in [-0.4, -0.2) is 42.8 Å². The Hall–Kier alpha value is -0.910. The number of unbranched alkanes of at least 4 members (excludes halogenated alkanes) is 4. The Kier molecular flexibility index (Phi) is 7.12. The highest BCUT2D eigenvalue weighted by Crippen LogP contribution is 2.56. The summed E-state index contributed by atoms with van der Waals surface area (Å²) in [7, 11) is 0. The summed E-state index contributed by atoms with van der Waals surface area (Å²) in [6.45, 7) is 1.57. The predicted octanol–water partition coefficient (Wildman–Crippen LogP) is 3.88. The molecule has 0 aromatic rings. The van der Waals surface area contributed by atoms with Crippen molar-refractivity contribution in [1.29, 1.82) is 0 Å². The van der Waals surface area contributed by atoms with E-state index in [2.05, 4.69) is 12.2 Å². The van der Waals surface area contributed by atoms with E-state index < -0.39 is 5.60 Å². The van der Waals surface area contributed by atoms with Crippen molar-refractivity contribution in [2.45, 2.75) is 88.9 Å². The maximum absolute atomic E-state index is 11.8. The Balaban J connectivity index is 1.29. The summed E-state index contributed by atoms with van der Waals surface area (Å²) in [6, 6.07) is 0. The molecule has 3 fully saturated rings. The Morgan fingerprint density at radius 1 is 1.15 bits per heavy atom. The van der Waals surface area contributed by atoms with E-state index in [0.29, 0.717) is 6.42 Å². The lowest BCUT2D eigenvalue weighted by Gasteiger charge is -2.34. The molecule has 0 amide bonds. The molecule has 5 heteroatoms. The molecular weight excluding hydrogens is 332 g/mol. The van der Waals surface area contributed by atoms with E-state index >= 15 is 0 Å². The molecule has 3 atom stereocenters. The van der Waals surface area contributed by atoms with Crippen LogP contribution in [0, 0.1) is 5.41 Å². The van der Waals surface area contributed by atoms with Crippen LogP contribution in [-0.2, 0) is 19.0 Å². The van der Waals surface area contributed by atoms with E-state index in [1.54, 1.807) is 0 Å². The minimum absolute atomic E-state index is 0.0282. The lowest BCUT2D eigenvalue weighted by molar-refractivity contribution is -0.162. The predicted molar refractivity (Wildman–Crippen MR) is 98.6 cm³/mol. The van der Waals surface area contributed by atoms with Crippen molar-refractivity contribution in [2.75, 3.05) is 19.8 Å². The highest BCUT2D eigenvalue weighted by atomic mass is 16.7. The van der Waals surface area contributed by atoms with Crippen molar-refractivity contribution in [3.8, 4) is 0 Å². The molecule has 1 saturated carbocycles. The van der Waals surface area contributed by atoms with Crippen LogP contribution in [0.3, 0.4) is 0 Å². The molecule has 0 bridgehead atoms. The smallest absolute Gasteiger partial charge is 0.307 e. The van der Waals surface area contributed by atoms with Gasteiger partial charge in [0.2, 0.25) is 0 Å². The minimum atomic E-state index is -0.654. The number of allylic oxidation sites excluding steroid dienone is 1. The molecule has 0 aromatic heterocycles. The molecule has 0 radical (unpaired) electrons. The van der Waals surface area contributed by atoms with E-state index in [-0.39, 0.29) is 24.3 Å². The van der Waals surface area contributed by atoms with E-state index in [0.717, 1.165) is 64.6 Å². The van der Waals surface area contributed by atoms with E-state index in [1.807, 2.05) is 0 Å². The van der Waals surface area contributed by atoms with Crippen LogP contribution in [0.2, 0.25) is 0 Å². The number of esters is 1. The zero-order valence-corrected chi connectivity index (χ0v) is 15.9. The SMILES string of the molecule is O=C1C[C@]2(C=CCCCCCCOC3CCCCO3)CCC[C@@]2(CO)O1. The molecule has 1 N–H and O–H groups in total. The molecule has 2 aliphatic heterocycles. The molecule has 5 nitrogen and oxygen atoms in total. The summed E-state index contributed by atoms with van der Waals surface area (Å²) in [5.74, 6) is -0.162. The highest BCUT2D eigenvalue weighted by molar-refractivity contribution is 5.75. The quantitative estimate of drug-likeness (QED) is 0.361. The number of carbonyl (C=O) groups excluding carboxylic acids is 1. The molecular formula is C21H34O5. The second-order valence-electron chi connectivity index (χ2n) is 8.09. The van der Waals surface area contributed by atoms with Gasteiger partial charge in [-0.1, -0.05) is 25.0 Å². The van der Waals surface area contributed by atoms with Gasteiger partial charge in [-0.05, 0) is 57.8 Å². The molecule has 2 heterocycles. The van der Waals surface area contributed by atoms with Gasteiger partial charge in [0.15, 0.2) is 6.29 Å².